The predicted molar refractivity (Wildman–Crippen MR) is 101 cm³/mol. The first-order chi connectivity index (χ1) is 11.8. The van der Waals surface area contributed by atoms with Gasteiger partial charge in [-0.1, -0.05) is 26.5 Å². The molecule has 1 aliphatic heterocycles. The van der Waals surface area contributed by atoms with Gasteiger partial charge in [0.15, 0.2) is 12.5 Å². The average Bonchev–Trinajstić information content (AvgIpc) is 2.91. The molecule has 5 heteroatoms. The molecule has 0 spiro atoms. The van der Waals surface area contributed by atoms with E-state index < -0.39 is 0 Å². The van der Waals surface area contributed by atoms with Crippen molar-refractivity contribution in [3.63, 3.8) is 0 Å². The van der Waals surface area contributed by atoms with Crippen molar-refractivity contribution < 1.29 is 9.13 Å². The number of hydrogen-bond acceptors (Lipinski definition) is 3. The molecule has 1 aromatic heterocycles. The topological polar surface area (TPSA) is 34.5 Å². The number of halogens is 1. The Morgan fingerprint density at radius 1 is 1.36 bits per heavy atom. The highest BCUT2D eigenvalue weighted by Gasteiger charge is 2.30. The second kappa shape index (κ2) is 6.21. The average molecular weight is 344 g/mol. The van der Waals surface area contributed by atoms with Gasteiger partial charge < -0.3 is 14.2 Å². The maximum Gasteiger partial charge on any atom is 0.258 e. The van der Waals surface area contributed by atoms with E-state index in [4.69, 9.17) is 4.74 Å². The third kappa shape index (κ3) is 2.62. The van der Waals surface area contributed by atoms with Crippen LogP contribution in [0.3, 0.4) is 0 Å². The van der Waals surface area contributed by atoms with E-state index in [0.29, 0.717) is 47.1 Å². The molecule has 0 bridgehead atoms. The predicted octanol–water partition coefficient (Wildman–Crippen LogP) is 4.49. The zero-order valence-electron chi connectivity index (χ0n) is 15.5. The van der Waals surface area contributed by atoms with E-state index in [1.54, 1.807) is 6.08 Å². The quantitative estimate of drug-likeness (QED) is 0.820. The lowest BCUT2D eigenvalue weighted by Gasteiger charge is -2.22. The van der Waals surface area contributed by atoms with Gasteiger partial charge in [0.2, 0.25) is 0 Å². The standard InChI is InChI=1S/C20H25FN2O2/c1-7-14-13(6)15-8-16-19(22(10-25-16)9-11(2)3)17(21)18(15)23(12(4)5)20(14)24/h7-8,11-12H,1,9-10H2,2-6H3. The van der Waals surface area contributed by atoms with Gasteiger partial charge >= 0.3 is 0 Å². The van der Waals surface area contributed by atoms with Crippen molar-refractivity contribution in [3.05, 3.63) is 39.9 Å². The van der Waals surface area contributed by atoms with E-state index in [9.17, 15) is 4.79 Å². The Morgan fingerprint density at radius 2 is 2.04 bits per heavy atom. The number of pyridine rings is 1. The van der Waals surface area contributed by atoms with Crippen LogP contribution in [-0.2, 0) is 0 Å². The Hall–Kier alpha value is -2.30. The fourth-order valence-electron chi connectivity index (χ4n) is 3.60. The highest BCUT2D eigenvalue weighted by molar-refractivity contribution is 5.92. The summed E-state index contributed by atoms with van der Waals surface area (Å²) in [4.78, 5) is 14.8. The number of ether oxygens (including phenoxy) is 1. The van der Waals surface area contributed by atoms with Crippen LogP contribution in [-0.4, -0.2) is 17.8 Å². The number of benzene rings is 1. The monoisotopic (exact) mass is 344 g/mol. The van der Waals surface area contributed by atoms with E-state index >= 15 is 4.39 Å². The number of aromatic nitrogens is 1. The van der Waals surface area contributed by atoms with Crippen LogP contribution in [0, 0.1) is 18.7 Å². The number of hydrogen-bond donors (Lipinski definition) is 0. The Kier molecular flexibility index (Phi) is 4.35. The summed E-state index contributed by atoms with van der Waals surface area (Å²) in [7, 11) is 0. The minimum atomic E-state index is -0.379. The third-order valence-electron chi connectivity index (χ3n) is 4.68. The highest BCUT2D eigenvalue weighted by Crippen LogP contribution is 2.42. The molecule has 0 saturated carbocycles. The molecule has 0 fully saturated rings. The Labute approximate surface area is 147 Å². The molecule has 1 aromatic carbocycles. The maximum absolute atomic E-state index is 15.6. The number of fused-ring (bicyclic) bond motifs is 2. The van der Waals surface area contributed by atoms with Gasteiger partial charge in [0.05, 0.1) is 5.52 Å². The van der Waals surface area contributed by atoms with Crippen molar-refractivity contribution in [2.75, 3.05) is 18.2 Å². The molecular formula is C20H25FN2O2. The van der Waals surface area contributed by atoms with Crippen LogP contribution < -0.4 is 15.2 Å². The van der Waals surface area contributed by atoms with Gasteiger partial charge in [-0.3, -0.25) is 4.79 Å². The van der Waals surface area contributed by atoms with Crippen LogP contribution in [0.25, 0.3) is 17.0 Å². The number of aryl methyl sites for hydroxylation is 1. The molecule has 2 aromatic rings. The van der Waals surface area contributed by atoms with Gasteiger partial charge in [0.1, 0.15) is 11.4 Å². The van der Waals surface area contributed by atoms with E-state index in [0.717, 1.165) is 5.56 Å². The Balaban J connectivity index is 2.42. The van der Waals surface area contributed by atoms with Gasteiger partial charge in [0.25, 0.3) is 5.56 Å². The maximum atomic E-state index is 15.6. The number of rotatable bonds is 4. The molecule has 25 heavy (non-hydrogen) atoms. The molecule has 0 saturated heterocycles. The summed E-state index contributed by atoms with van der Waals surface area (Å²) in [6, 6.07) is 1.69. The minimum Gasteiger partial charge on any atom is -0.471 e. The fourth-order valence-corrected chi connectivity index (χ4v) is 3.60. The van der Waals surface area contributed by atoms with Crippen LogP contribution in [0.2, 0.25) is 0 Å². The largest absolute Gasteiger partial charge is 0.471 e. The normalized spacial score (nSPS) is 13.7. The van der Waals surface area contributed by atoms with Crippen LogP contribution in [0.15, 0.2) is 17.4 Å². The SMILES string of the molecule is C=Cc1c(C)c2cc3c(c(F)c2n(C(C)C)c1=O)N(CC(C)C)CO3. The summed E-state index contributed by atoms with van der Waals surface area (Å²) >= 11 is 0. The van der Waals surface area contributed by atoms with Crippen molar-refractivity contribution in [1.82, 2.24) is 4.57 Å². The zero-order valence-corrected chi connectivity index (χ0v) is 15.5. The lowest BCUT2D eigenvalue weighted by molar-refractivity contribution is 0.341. The van der Waals surface area contributed by atoms with Crippen LogP contribution in [0.5, 0.6) is 5.75 Å². The molecule has 4 nitrogen and oxygen atoms in total. The summed E-state index contributed by atoms with van der Waals surface area (Å²) in [5.74, 6) is 0.537. The molecular weight excluding hydrogens is 319 g/mol. The van der Waals surface area contributed by atoms with Gasteiger partial charge in [0, 0.05) is 23.5 Å². The van der Waals surface area contributed by atoms with E-state index in [2.05, 4.69) is 20.4 Å². The van der Waals surface area contributed by atoms with Crippen molar-refractivity contribution in [2.45, 2.75) is 40.7 Å². The second-order valence-electron chi connectivity index (χ2n) is 7.33. The Morgan fingerprint density at radius 3 is 2.60 bits per heavy atom. The van der Waals surface area contributed by atoms with E-state index in [1.165, 1.54) is 4.57 Å². The molecule has 0 N–H and O–H groups in total. The first kappa shape index (κ1) is 17.5. The van der Waals surface area contributed by atoms with Crippen LogP contribution in [0.1, 0.15) is 44.9 Å². The minimum absolute atomic E-state index is 0.164. The molecule has 134 valence electrons. The summed E-state index contributed by atoms with van der Waals surface area (Å²) < 4.78 is 22.8. The molecule has 2 heterocycles. The molecule has 0 amide bonds. The lowest BCUT2D eigenvalue weighted by atomic mass is 10.0. The van der Waals surface area contributed by atoms with Crippen molar-refractivity contribution >= 4 is 22.7 Å². The third-order valence-corrected chi connectivity index (χ3v) is 4.68. The summed E-state index contributed by atoms with van der Waals surface area (Å²) in [6.07, 6.45) is 1.55. The second-order valence-corrected chi connectivity index (χ2v) is 7.33. The molecule has 0 unspecified atom stereocenters. The van der Waals surface area contributed by atoms with Gasteiger partial charge in [-0.2, -0.15) is 0 Å². The number of nitrogens with zero attached hydrogens (tertiary/aromatic N) is 2. The van der Waals surface area contributed by atoms with Crippen LogP contribution in [0.4, 0.5) is 10.1 Å². The molecule has 1 aliphatic rings. The van der Waals surface area contributed by atoms with Crippen molar-refractivity contribution in [2.24, 2.45) is 5.92 Å². The first-order valence-electron chi connectivity index (χ1n) is 8.69. The first-order valence-corrected chi connectivity index (χ1v) is 8.69. The molecule has 0 atom stereocenters. The summed E-state index contributed by atoms with van der Waals surface area (Å²) in [5, 5.41) is 0.700. The van der Waals surface area contributed by atoms with Gasteiger partial charge in [-0.25, -0.2) is 4.39 Å². The summed E-state index contributed by atoms with van der Waals surface area (Å²) in [6.45, 7) is 14.6. The molecule has 0 radical (unpaired) electrons. The number of anilines is 1. The Bertz CT molecular complexity index is 913. The van der Waals surface area contributed by atoms with Gasteiger partial charge in [-0.05, 0) is 38.3 Å². The lowest BCUT2D eigenvalue weighted by Crippen LogP contribution is -2.28. The van der Waals surface area contributed by atoms with Crippen molar-refractivity contribution in [3.8, 4) is 5.75 Å². The van der Waals surface area contributed by atoms with Crippen LogP contribution >= 0.6 is 0 Å². The highest BCUT2D eigenvalue weighted by atomic mass is 19.1. The molecule has 3 rings (SSSR count). The smallest absolute Gasteiger partial charge is 0.258 e. The fraction of sp³-hybridized carbons (Fsp3) is 0.450. The zero-order chi connectivity index (χ0) is 18.5. The van der Waals surface area contributed by atoms with Gasteiger partial charge in [-0.15, -0.1) is 0 Å². The van der Waals surface area contributed by atoms with Crippen molar-refractivity contribution in [1.29, 1.82) is 0 Å². The summed E-state index contributed by atoms with van der Waals surface area (Å²) in [5.41, 5.74) is 1.85. The van der Waals surface area contributed by atoms with E-state index in [1.807, 2.05) is 31.7 Å². The van der Waals surface area contributed by atoms with E-state index in [-0.39, 0.29) is 17.4 Å². The molecule has 0 aliphatic carbocycles.